The number of ketones is 1. The van der Waals surface area contributed by atoms with Gasteiger partial charge in [0.2, 0.25) is 0 Å². The number of carbonyl (C=O) groups is 2. The van der Waals surface area contributed by atoms with E-state index in [1.165, 1.54) is 18.2 Å². The fourth-order valence-corrected chi connectivity index (χ4v) is 1.25. The minimum atomic E-state index is -1.17. The standard InChI is InChI=1S/C10H12N2O4/c11-6(4-8(14)15)10(16)5-2-1-3-7(13)9(5)12/h1-3,6,13H,4,11-12H2,(H,14,15)/t6-/m0/s1. The molecule has 0 amide bonds. The lowest BCUT2D eigenvalue weighted by atomic mass is 10.0. The van der Waals surface area contributed by atoms with Crippen molar-refractivity contribution in [1.29, 1.82) is 0 Å². The summed E-state index contributed by atoms with van der Waals surface area (Å²) in [7, 11) is 0. The molecule has 0 aliphatic heterocycles. The third kappa shape index (κ3) is 2.48. The van der Waals surface area contributed by atoms with Crippen molar-refractivity contribution in [2.24, 2.45) is 5.73 Å². The third-order valence-corrected chi connectivity index (χ3v) is 2.08. The van der Waals surface area contributed by atoms with Crippen molar-refractivity contribution in [1.82, 2.24) is 0 Å². The maximum Gasteiger partial charge on any atom is 0.305 e. The number of benzene rings is 1. The molecule has 1 atom stereocenters. The Bertz CT molecular complexity index is 431. The molecule has 1 aromatic carbocycles. The second-order valence-corrected chi connectivity index (χ2v) is 3.31. The minimum absolute atomic E-state index is 0.0359. The number of rotatable bonds is 4. The fourth-order valence-electron chi connectivity index (χ4n) is 1.25. The average Bonchev–Trinajstić information content (AvgIpc) is 2.20. The van der Waals surface area contributed by atoms with Gasteiger partial charge in [0.05, 0.1) is 18.2 Å². The number of phenolic OH excluding ortho intramolecular Hbond substituents is 1. The van der Waals surface area contributed by atoms with Gasteiger partial charge in [-0.2, -0.15) is 0 Å². The molecule has 0 aromatic heterocycles. The number of carboxylic acid groups (broad SMARTS) is 1. The third-order valence-electron chi connectivity index (χ3n) is 2.08. The van der Waals surface area contributed by atoms with Crippen molar-refractivity contribution in [2.45, 2.75) is 12.5 Å². The van der Waals surface area contributed by atoms with Crippen molar-refractivity contribution in [3.63, 3.8) is 0 Å². The Morgan fingerprint density at radius 1 is 1.38 bits per heavy atom. The van der Waals surface area contributed by atoms with Crippen LogP contribution in [0.15, 0.2) is 18.2 Å². The van der Waals surface area contributed by atoms with E-state index in [0.717, 1.165) is 0 Å². The fraction of sp³-hybridized carbons (Fsp3) is 0.200. The topological polar surface area (TPSA) is 127 Å². The number of nitrogen functional groups attached to an aromatic ring is 1. The lowest BCUT2D eigenvalue weighted by molar-refractivity contribution is -0.137. The van der Waals surface area contributed by atoms with Crippen molar-refractivity contribution in [2.75, 3.05) is 5.73 Å². The van der Waals surface area contributed by atoms with E-state index in [-0.39, 0.29) is 17.0 Å². The van der Waals surface area contributed by atoms with Crippen LogP contribution >= 0.6 is 0 Å². The van der Waals surface area contributed by atoms with Gasteiger partial charge in [-0.25, -0.2) is 0 Å². The highest BCUT2D eigenvalue weighted by atomic mass is 16.4. The van der Waals surface area contributed by atoms with Gasteiger partial charge in [0.25, 0.3) is 0 Å². The zero-order chi connectivity index (χ0) is 12.3. The first-order valence-corrected chi connectivity index (χ1v) is 4.52. The van der Waals surface area contributed by atoms with E-state index in [1.807, 2.05) is 0 Å². The predicted octanol–water partition coefficient (Wildman–Crippen LogP) is -0.0409. The Morgan fingerprint density at radius 3 is 2.56 bits per heavy atom. The molecule has 86 valence electrons. The normalized spacial score (nSPS) is 12.1. The molecule has 0 radical (unpaired) electrons. The number of anilines is 1. The van der Waals surface area contributed by atoms with Crippen LogP contribution in [-0.4, -0.2) is 28.0 Å². The maximum absolute atomic E-state index is 11.7. The van der Waals surface area contributed by atoms with Crippen molar-refractivity contribution < 1.29 is 19.8 Å². The zero-order valence-corrected chi connectivity index (χ0v) is 8.38. The van der Waals surface area contributed by atoms with E-state index in [4.69, 9.17) is 16.6 Å². The SMILES string of the molecule is Nc1c(O)cccc1C(=O)[C@@H](N)CC(=O)O. The van der Waals surface area contributed by atoms with Crippen molar-refractivity contribution in [3.05, 3.63) is 23.8 Å². The first kappa shape index (κ1) is 12.0. The Hall–Kier alpha value is -2.08. The molecular formula is C10H12N2O4. The molecule has 0 aliphatic rings. The van der Waals surface area contributed by atoms with Gasteiger partial charge in [0.1, 0.15) is 5.75 Å². The van der Waals surface area contributed by atoms with Crippen LogP contribution in [0.5, 0.6) is 5.75 Å². The predicted molar refractivity (Wildman–Crippen MR) is 57.1 cm³/mol. The van der Waals surface area contributed by atoms with Crippen LogP contribution in [0.1, 0.15) is 16.8 Å². The van der Waals surface area contributed by atoms with E-state index in [9.17, 15) is 14.7 Å². The summed E-state index contributed by atoms with van der Waals surface area (Å²) in [6.45, 7) is 0. The molecule has 6 heteroatoms. The van der Waals surface area contributed by atoms with Crippen LogP contribution in [-0.2, 0) is 4.79 Å². The molecule has 0 spiro atoms. The molecule has 1 aromatic rings. The zero-order valence-electron chi connectivity index (χ0n) is 8.38. The van der Waals surface area contributed by atoms with Gasteiger partial charge in [-0.1, -0.05) is 6.07 Å². The highest BCUT2D eigenvalue weighted by Gasteiger charge is 2.21. The molecule has 0 heterocycles. The lowest BCUT2D eigenvalue weighted by Crippen LogP contribution is -2.33. The summed E-state index contributed by atoms with van der Waals surface area (Å²) < 4.78 is 0. The summed E-state index contributed by atoms with van der Waals surface area (Å²) in [4.78, 5) is 22.1. The van der Waals surface area contributed by atoms with Crippen LogP contribution in [0.25, 0.3) is 0 Å². The number of hydrogen-bond donors (Lipinski definition) is 4. The number of carboxylic acids is 1. The lowest BCUT2D eigenvalue weighted by Gasteiger charge is -2.10. The quantitative estimate of drug-likeness (QED) is 0.323. The molecule has 16 heavy (non-hydrogen) atoms. The molecule has 1 rings (SSSR count). The van der Waals surface area contributed by atoms with Crippen LogP contribution in [0.4, 0.5) is 5.69 Å². The molecule has 0 saturated heterocycles. The number of nitrogens with two attached hydrogens (primary N) is 2. The number of aliphatic carboxylic acids is 1. The van der Waals surface area contributed by atoms with E-state index >= 15 is 0 Å². The monoisotopic (exact) mass is 224 g/mol. The number of Topliss-reactive ketones (excluding diaryl/α,β-unsaturated/α-hetero) is 1. The van der Waals surface area contributed by atoms with Crippen molar-refractivity contribution >= 4 is 17.4 Å². The van der Waals surface area contributed by atoms with Crippen LogP contribution in [0, 0.1) is 0 Å². The summed E-state index contributed by atoms with van der Waals surface area (Å²) in [5.74, 6) is -2.00. The number of phenols is 1. The Kier molecular flexibility index (Phi) is 3.47. The summed E-state index contributed by atoms with van der Waals surface area (Å²) in [6, 6.07) is 2.99. The van der Waals surface area contributed by atoms with E-state index in [0.29, 0.717) is 0 Å². The second-order valence-electron chi connectivity index (χ2n) is 3.31. The first-order chi connectivity index (χ1) is 7.43. The summed E-state index contributed by atoms with van der Waals surface area (Å²) in [5.41, 5.74) is 10.8. The van der Waals surface area contributed by atoms with E-state index < -0.39 is 24.2 Å². The smallest absolute Gasteiger partial charge is 0.305 e. The maximum atomic E-state index is 11.7. The van der Waals surface area contributed by atoms with Crippen LogP contribution in [0.3, 0.4) is 0 Å². The highest BCUT2D eigenvalue weighted by Crippen LogP contribution is 2.24. The highest BCUT2D eigenvalue weighted by molar-refractivity contribution is 6.06. The molecule has 0 aliphatic carbocycles. The molecule has 6 N–H and O–H groups in total. The largest absolute Gasteiger partial charge is 0.506 e. The van der Waals surface area contributed by atoms with Gasteiger partial charge in [0.15, 0.2) is 5.78 Å². The summed E-state index contributed by atoms with van der Waals surface area (Å²) in [6.07, 6.45) is -0.478. The molecule has 0 bridgehead atoms. The Balaban J connectivity index is 2.96. The molecule has 0 saturated carbocycles. The van der Waals surface area contributed by atoms with Crippen LogP contribution in [0.2, 0.25) is 0 Å². The molecule has 6 nitrogen and oxygen atoms in total. The van der Waals surface area contributed by atoms with Gasteiger partial charge in [-0.3, -0.25) is 9.59 Å². The van der Waals surface area contributed by atoms with Gasteiger partial charge in [0, 0.05) is 5.56 Å². The molecular weight excluding hydrogens is 212 g/mol. The minimum Gasteiger partial charge on any atom is -0.506 e. The summed E-state index contributed by atoms with van der Waals surface area (Å²) in [5, 5.41) is 17.8. The Morgan fingerprint density at radius 2 is 2.00 bits per heavy atom. The number of hydrogen-bond acceptors (Lipinski definition) is 5. The number of carbonyl (C=O) groups excluding carboxylic acids is 1. The Labute approximate surface area is 91.5 Å². The summed E-state index contributed by atoms with van der Waals surface area (Å²) >= 11 is 0. The first-order valence-electron chi connectivity index (χ1n) is 4.52. The molecule has 0 fully saturated rings. The second kappa shape index (κ2) is 4.63. The average molecular weight is 224 g/mol. The van der Waals surface area contributed by atoms with E-state index in [1.54, 1.807) is 0 Å². The van der Waals surface area contributed by atoms with Crippen LogP contribution < -0.4 is 11.5 Å². The number of aromatic hydroxyl groups is 1. The van der Waals surface area contributed by atoms with Gasteiger partial charge in [-0.05, 0) is 12.1 Å². The molecule has 0 unspecified atom stereocenters. The number of para-hydroxylation sites is 1. The van der Waals surface area contributed by atoms with E-state index in [2.05, 4.69) is 0 Å². The van der Waals surface area contributed by atoms with Crippen molar-refractivity contribution in [3.8, 4) is 5.75 Å². The van der Waals surface area contributed by atoms with Gasteiger partial charge < -0.3 is 21.7 Å². The van der Waals surface area contributed by atoms with Gasteiger partial charge >= 0.3 is 5.97 Å². The van der Waals surface area contributed by atoms with Gasteiger partial charge in [-0.15, -0.1) is 0 Å².